The van der Waals surface area contributed by atoms with Gasteiger partial charge in [-0.3, -0.25) is 14.5 Å². The summed E-state index contributed by atoms with van der Waals surface area (Å²) in [5.41, 5.74) is 1.93. The Morgan fingerprint density at radius 1 is 1.31 bits per heavy atom. The summed E-state index contributed by atoms with van der Waals surface area (Å²) in [7, 11) is 0. The highest BCUT2D eigenvalue weighted by Crippen LogP contribution is 2.36. The summed E-state index contributed by atoms with van der Waals surface area (Å²) in [6.07, 6.45) is 0.714. The van der Waals surface area contributed by atoms with Crippen molar-refractivity contribution in [3.63, 3.8) is 0 Å². The predicted molar refractivity (Wildman–Crippen MR) is 115 cm³/mol. The number of hydrogen-bond donors (Lipinski definition) is 2. The zero-order valence-corrected chi connectivity index (χ0v) is 18.1. The standard InChI is InChI=1S/C19H14BrNO6S2/c1-9-2-4-11(12(20)6-9)14-5-3-10(27-14)7-15-17(24)21(19(28)29-15)13(18(25)26)8-16(22)23/h2-7,13H,8H2,1H3,(H,22,23)(H,25,26). The smallest absolute Gasteiger partial charge is 0.327 e. The molecule has 10 heteroatoms. The molecule has 29 heavy (non-hydrogen) atoms. The van der Waals surface area contributed by atoms with Crippen molar-refractivity contribution < 1.29 is 29.0 Å². The van der Waals surface area contributed by atoms with E-state index in [0.717, 1.165) is 32.3 Å². The minimum absolute atomic E-state index is 0.0111. The van der Waals surface area contributed by atoms with E-state index in [1.807, 2.05) is 25.1 Å². The highest BCUT2D eigenvalue weighted by molar-refractivity contribution is 9.10. The average molecular weight is 496 g/mol. The number of nitrogens with zero attached hydrogens (tertiary/aromatic N) is 1. The van der Waals surface area contributed by atoms with Crippen LogP contribution in [0.5, 0.6) is 0 Å². The van der Waals surface area contributed by atoms with E-state index < -0.39 is 30.3 Å². The Hall–Kier alpha value is -2.43. The Balaban J connectivity index is 1.87. The molecule has 1 amide bonds. The highest BCUT2D eigenvalue weighted by Gasteiger charge is 2.41. The van der Waals surface area contributed by atoms with Crippen LogP contribution >= 0.6 is 39.9 Å². The molecule has 7 nitrogen and oxygen atoms in total. The topological polar surface area (TPSA) is 108 Å². The number of rotatable bonds is 6. The molecule has 1 aromatic heterocycles. The first-order valence-corrected chi connectivity index (χ1v) is 10.3. The minimum Gasteiger partial charge on any atom is -0.481 e. The van der Waals surface area contributed by atoms with Gasteiger partial charge in [0.25, 0.3) is 5.91 Å². The molecule has 1 atom stereocenters. The van der Waals surface area contributed by atoms with Gasteiger partial charge in [-0.2, -0.15) is 0 Å². The van der Waals surface area contributed by atoms with E-state index in [9.17, 15) is 19.5 Å². The van der Waals surface area contributed by atoms with Gasteiger partial charge in [0.15, 0.2) is 0 Å². The molecule has 1 saturated heterocycles. The van der Waals surface area contributed by atoms with Crippen LogP contribution in [0.4, 0.5) is 0 Å². The van der Waals surface area contributed by atoms with Gasteiger partial charge in [0, 0.05) is 16.1 Å². The van der Waals surface area contributed by atoms with E-state index in [4.69, 9.17) is 21.7 Å². The van der Waals surface area contributed by atoms with Gasteiger partial charge in [0.05, 0.1) is 11.3 Å². The number of carboxylic acids is 2. The van der Waals surface area contributed by atoms with Gasteiger partial charge >= 0.3 is 11.9 Å². The number of thiocarbonyl (C=S) groups is 1. The molecule has 0 aliphatic carbocycles. The number of amides is 1. The monoisotopic (exact) mass is 495 g/mol. The number of aliphatic carboxylic acids is 2. The lowest BCUT2D eigenvalue weighted by Crippen LogP contribution is -2.45. The van der Waals surface area contributed by atoms with Crippen molar-refractivity contribution in [2.24, 2.45) is 0 Å². The first-order valence-electron chi connectivity index (χ1n) is 8.25. The van der Waals surface area contributed by atoms with Crippen molar-refractivity contribution in [3.8, 4) is 11.3 Å². The van der Waals surface area contributed by atoms with Crippen LogP contribution in [0.2, 0.25) is 0 Å². The molecule has 0 radical (unpaired) electrons. The maximum atomic E-state index is 12.7. The SMILES string of the molecule is Cc1ccc(-c2ccc(C=C3SC(=S)N(C(CC(=O)O)C(=O)O)C3=O)o2)c(Br)c1. The molecule has 2 N–H and O–H groups in total. The molecule has 1 aromatic carbocycles. The lowest BCUT2D eigenvalue weighted by atomic mass is 10.1. The number of carbonyl (C=O) groups excluding carboxylic acids is 1. The van der Waals surface area contributed by atoms with Crippen LogP contribution < -0.4 is 0 Å². The third-order valence-corrected chi connectivity index (χ3v) is 6.06. The van der Waals surface area contributed by atoms with Gasteiger partial charge < -0.3 is 14.6 Å². The van der Waals surface area contributed by atoms with Crippen LogP contribution in [0.1, 0.15) is 17.7 Å². The number of carboxylic acid groups (broad SMARTS) is 2. The van der Waals surface area contributed by atoms with Crippen molar-refractivity contribution in [3.05, 3.63) is 51.0 Å². The number of thioether (sulfide) groups is 1. The van der Waals surface area contributed by atoms with E-state index in [-0.39, 0.29) is 9.23 Å². The number of hydrogen-bond acceptors (Lipinski definition) is 6. The summed E-state index contributed by atoms with van der Waals surface area (Å²) >= 11 is 9.50. The largest absolute Gasteiger partial charge is 0.481 e. The normalized spacial score (nSPS) is 16.5. The second-order valence-corrected chi connectivity index (χ2v) is 8.72. The molecule has 1 aliphatic rings. The van der Waals surface area contributed by atoms with Crippen molar-refractivity contribution in [2.45, 2.75) is 19.4 Å². The average Bonchev–Trinajstić information content (AvgIpc) is 3.18. The van der Waals surface area contributed by atoms with Gasteiger partial charge in [0.1, 0.15) is 21.9 Å². The maximum absolute atomic E-state index is 12.7. The summed E-state index contributed by atoms with van der Waals surface area (Å²) in [5, 5.41) is 18.2. The van der Waals surface area contributed by atoms with Crippen molar-refractivity contribution in [2.75, 3.05) is 0 Å². The van der Waals surface area contributed by atoms with Gasteiger partial charge in [0.2, 0.25) is 0 Å². The molecule has 1 unspecified atom stereocenters. The van der Waals surface area contributed by atoms with Crippen molar-refractivity contribution >= 4 is 68.2 Å². The quantitative estimate of drug-likeness (QED) is 0.454. The first kappa shape index (κ1) is 21.3. The molecule has 1 fully saturated rings. The van der Waals surface area contributed by atoms with Crippen molar-refractivity contribution in [1.82, 2.24) is 4.90 Å². The fourth-order valence-corrected chi connectivity index (χ4v) is 4.75. The van der Waals surface area contributed by atoms with Gasteiger partial charge in [-0.15, -0.1) is 0 Å². The van der Waals surface area contributed by atoms with Crippen LogP contribution in [0.3, 0.4) is 0 Å². The van der Waals surface area contributed by atoms with Crippen LogP contribution in [-0.2, 0) is 14.4 Å². The zero-order chi connectivity index (χ0) is 21.3. The number of benzene rings is 1. The van der Waals surface area contributed by atoms with Gasteiger partial charge in [-0.1, -0.05) is 46.0 Å². The summed E-state index contributed by atoms with van der Waals surface area (Å²) in [5.74, 6) is -2.46. The number of aryl methyl sites for hydroxylation is 1. The summed E-state index contributed by atoms with van der Waals surface area (Å²) < 4.78 is 6.65. The molecule has 150 valence electrons. The first-order chi connectivity index (χ1) is 13.7. The number of halogens is 1. The Morgan fingerprint density at radius 3 is 2.66 bits per heavy atom. The molecule has 1 aliphatic heterocycles. The second-order valence-electron chi connectivity index (χ2n) is 6.19. The Morgan fingerprint density at radius 2 is 2.03 bits per heavy atom. The lowest BCUT2D eigenvalue weighted by Gasteiger charge is -2.21. The van der Waals surface area contributed by atoms with Crippen LogP contribution in [0.25, 0.3) is 17.4 Å². The number of carbonyl (C=O) groups is 3. The summed E-state index contributed by atoms with van der Waals surface area (Å²) in [4.78, 5) is 36.0. The lowest BCUT2D eigenvalue weighted by molar-refractivity contribution is -0.150. The molecular formula is C19H14BrNO6S2. The van der Waals surface area contributed by atoms with Crippen LogP contribution in [0, 0.1) is 6.92 Å². The van der Waals surface area contributed by atoms with Gasteiger partial charge in [-0.25, -0.2) is 4.79 Å². The summed E-state index contributed by atoms with van der Waals surface area (Å²) in [6.45, 7) is 1.97. The van der Waals surface area contributed by atoms with E-state index in [0.29, 0.717) is 11.5 Å². The Kier molecular flexibility index (Phi) is 6.25. The van der Waals surface area contributed by atoms with Crippen LogP contribution in [-0.4, -0.2) is 43.3 Å². The minimum atomic E-state index is -1.57. The molecule has 2 heterocycles. The van der Waals surface area contributed by atoms with E-state index in [1.165, 1.54) is 6.08 Å². The zero-order valence-electron chi connectivity index (χ0n) is 14.9. The fourth-order valence-electron chi connectivity index (χ4n) is 2.73. The molecular weight excluding hydrogens is 482 g/mol. The molecule has 3 rings (SSSR count). The molecule has 2 aromatic rings. The van der Waals surface area contributed by atoms with Crippen molar-refractivity contribution in [1.29, 1.82) is 0 Å². The predicted octanol–water partition coefficient (Wildman–Crippen LogP) is 4.15. The second kappa shape index (κ2) is 8.52. The van der Waals surface area contributed by atoms with Gasteiger partial charge in [-0.05, 0) is 36.8 Å². The summed E-state index contributed by atoms with van der Waals surface area (Å²) in [6, 6.07) is 7.68. The Labute approximate surface area is 183 Å². The molecule has 0 saturated carbocycles. The third kappa shape index (κ3) is 4.60. The van der Waals surface area contributed by atoms with E-state index >= 15 is 0 Å². The Bertz CT molecular complexity index is 1060. The number of furan rings is 1. The maximum Gasteiger partial charge on any atom is 0.327 e. The van der Waals surface area contributed by atoms with Crippen LogP contribution in [0.15, 0.2) is 44.1 Å². The van der Waals surface area contributed by atoms with E-state index in [2.05, 4.69) is 15.9 Å². The molecule has 0 bridgehead atoms. The fraction of sp³-hybridized carbons (Fsp3) is 0.158. The molecule has 0 spiro atoms. The highest BCUT2D eigenvalue weighted by atomic mass is 79.9. The van der Waals surface area contributed by atoms with E-state index in [1.54, 1.807) is 12.1 Å². The third-order valence-electron chi connectivity index (χ3n) is 4.08.